The zero-order valence-electron chi connectivity index (χ0n) is 16.4. The van der Waals surface area contributed by atoms with Gasteiger partial charge in [-0.05, 0) is 30.3 Å². The molecular weight excluding hydrogens is 446 g/mol. The van der Waals surface area contributed by atoms with Gasteiger partial charge in [-0.3, -0.25) is 14.9 Å². The van der Waals surface area contributed by atoms with Crippen LogP contribution in [-0.2, 0) is 10.0 Å². The number of carbonyl (C=O) groups is 2. The summed E-state index contributed by atoms with van der Waals surface area (Å²) in [6.07, 6.45) is 0. The Hall–Kier alpha value is -3.82. The number of carbonyl (C=O) groups excluding carboxylic acids is 2. The highest BCUT2D eigenvalue weighted by molar-refractivity contribution is 7.94. The maximum atomic E-state index is 13.1. The lowest BCUT2D eigenvalue weighted by atomic mass is 10.1. The standard InChI is InChI=1S/C23H15N3O4S2/c27-21(25-23-24-19(14-31-23)15-7-3-1-4-8-15)16-11-12-18-20(13-16)32(29,30)26(22(18)28)17-9-5-2-6-10-17/h1-14H,(H,24,25,27). The summed E-state index contributed by atoms with van der Waals surface area (Å²) in [5, 5.41) is 4.91. The molecule has 0 saturated heterocycles. The fourth-order valence-corrected chi connectivity index (χ4v) is 5.77. The quantitative estimate of drug-likeness (QED) is 0.486. The summed E-state index contributed by atoms with van der Waals surface area (Å²) in [4.78, 5) is 29.8. The topological polar surface area (TPSA) is 96.4 Å². The zero-order chi connectivity index (χ0) is 22.3. The summed E-state index contributed by atoms with van der Waals surface area (Å²) in [6, 6.07) is 21.7. The first-order valence-corrected chi connectivity index (χ1v) is 11.9. The zero-order valence-corrected chi connectivity index (χ0v) is 18.1. The molecule has 3 aromatic carbocycles. The second-order valence-corrected chi connectivity index (χ2v) is 9.59. The number of sulfonamides is 1. The van der Waals surface area contributed by atoms with Crippen molar-refractivity contribution < 1.29 is 18.0 Å². The second-order valence-electron chi connectivity index (χ2n) is 6.98. The molecule has 0 unspecified atom stereocenters. The molecule has 0 saturated carbocycles. The average Bonchev–Trinajstić information content (AvgIpc) is 3.35. The lowest BCUT2D eigenvalue weighted by Gasteiger charge is -2.14. The van der Waals surface area contributed by atoms with E-state index in [2.05, 4.69) is 10.3 Å². The van der Waals surface area contributed by atoms with Gasteiger partial charge in [0.25, 0.3) is 21.8 Å². The van der Waals surface area contributed by atoms with Gasteiger partial charge in [0.15, 0.2) is 5.13 Å². The Kier molecular flexibility index (Phi) is 4.84. The number of para-hydroxylation sites is 1. The van der Waals surface area contributed by atoms with Crippen LogP contribution in [0.25, 0.3) is 11.3 Å². The van der Waals surface area contributed by atoms with Crippen LogP contribution in [0.4, 0.5) is 10.8 Å². The molecule has 1 aliphatic heterocycles. The van der Waals surface area contributed by atoms with Gasteiger partial charge in [-0.1, -0.05) is 48.5 Å². The first kappa shape index (κ1) is 20.1. The molecule has 0 atom stereocenters. The largest absolute Gasteiger partial charge is 0.298 e. The molecular formula is C23H15N3O4S2. The fraction of sp³-hybridized carbons (Fsp3) is 0. The van der Waals surface area contributed by atoms with E-state index in [1.807, 2.05) is 35.7 Å². The minimum Gasteiger partial charge on any atom is -0.298 e. The summed E-state index contributed by atoms with van der Waals surface area (Å²) < 4.78 is 26.9. The van der Waals surface area contributed by atoms with Crippen LogP contribution in [-0.4, -0.2) is 25.2 Å². The summed E-state index contributed by atoms with van der Waals surface area (Å²) in [6.45, 7) is 0. The van der Waals surface area contributed by atoms with E-state index < -0.39 is 21.8 Å². The molecule has 1 aliphatic rings. The molecule has 32 heavy (non-hydrogen) atoms. The number of anilines is 2. The van der Waals surface area contributed by atoms with Crippen molar-refractivity contribution in [2.75, 3.05) is 9.62 Å². The molecule has 0 bridgehead atoms. The Bertz CT molecular complexity index is 1450. The molecule has 7 nitrogen and oxygen atoms in total. The number of rotatable bonds is 4. The van der Waals surface area contributed by atoms with Crippen molar-refractivity contribution in [1.82, 2.24) is 4.98 Å². The van der Waals surface area contributed by atoms with E-state index in [1.165, 1.54) is 29.5 Å². The van der Waals surface area contributed by atoms with E-state index in [9.17, 15) is 18.0 Å². The van der Waals surface area contributed by atoms with Crippen molar-refractivity contribution in [3.8, 4) is 11.3 Å². The molecule has 1 N–H and O–H groups in total. The molecule has 2 amide bonds. The highest BCUT2D eigenvalue weighted by Gasteiger charge is 2.42. The number of amides is 2. The van der Waals surface area contributed by atoms with E-state index in [1.54, 1.807) is 30.3 Å². The third-order valence-corrected chi connectivity index (χ3v) is 7.47. The molecule has 158 valence electrons. The first-order chi connectivity index (χ1) is 15.4. The third-order valence-electron chi connectivity index (χ3n) is 4.96. The van der Waals surface area contributed by atoms with Crippen LogP contribution in [0, 0.1) is 0 Å². The molecule has 0 spiro atoms. The molecule has 9 heteroatoms. The molecule has 2 heterocycles. The van der Waals surface area contributed by atoms with E-state index in [0.29, 0.717) is 5.13 Å². The van der Waals surface area contributed by atoms with Crippen LogP contribution < -0.4 is 9.62 Å². The molecule has 0 radical (unpaired) electrons. The van der Waals surface area contributed by atoms with Crippen LogP contribution in [0.3, 0.4) is 0 Å². The highest BCUT2D eigenvalue weighted by Crippen LogP contribution is 2.35. The number of thiazole rings is 1. The van der Waals surface area contributed by atoms with Crippen molar-refractivity contribution in [3.05, 3.63) is 95.4 Å². The van der Waals surface area contributed by atoms with Crippen molar-refractivity contribution in [1.29, 1.82) is 0 Å². The molecule has 1 aromatic heterocycles. The Morgan fingerprint density at radius 2 is 1.62 bits per heavy atom. The van der Waals surface area contributed by atoms with Gasteiger partial charge < -0.3 is 0 Å². The van der Waals surface area contributed by atoms with Gasteiger partial charge >= 0.3 is 0 Å². The van der Waals surface area contributed by atoms with Gasteiger partial charge in [-0.2, -0.15) is 4.31 Å². The summed E-state index contributed by atoms with van der Waals surface area (Å²) in [5.74, 6) is -1.16. The summed E-state index contributed by atoms with van der Waals surface area (Å²) >= 11 is 1.27. The molecule has 5 rings (SSSR count). The molecule has 0 fully saturated rings. The van der Waals surface area contributed by atoms with E-state index >= 15 is 0 Å². The van der Waals surface area contributed by atoms with Crippen molar-refractivity contribution >= 4 is 44.0 Å². The third kappa shape index (κ3) is 3.37. The van der Waals surface area contributed by atoms with Crippen LogP contribution >= 0.6 is 11.3 Å². The second kappa shape index (κ2) is 7.70. The summed E-state index contributed by atoms with van der Waals surface area (Å²) in [7, 11) is -4.12. The van der Waals surface area contributed by atoms with Crippen LogP contribution in [0.5, 0.6) is 0 Å². The minimum absolute atomic E-state index is 0.0333. The number of benzene rings is 3. The summed E-state index contributed by atoms with van der Waals surface area (Å²) in [5.41, 5.74) is 2.05. The minimum atomic E-state index is -4.12. The van der Waals surface area contributed by atoms with E-state index in [4.69, 9.17) is 0 Å². The Morgan fingerprint density at radius 3 is 2.34 bits per heavy atom. The Balaban J connectivity index is 1.43. The number of aromatic nitrogens is 1. The highest BCUT2D eigenvalue weighted by atomic mass is 32.2. The van der Waals surface area contributed by atoms with E-state index in [0.717, 1.165) is 15.6 Å². The van der Waals surface area contributed by atoms with Gasteiger partial charge in [0.05, 0.1) is 16.9 Å². The molecule has 0 aliphatic carbocycles. The Morgan fingerprint density at radius 1 is 0.938 bits per heavy atom. The molecule has 4 aromatic rings. The van der Waals surface area contributed by atoms with Gasteiger partial charge in [-0.25, -0.2) is 13.4 Å². The first-order valence-electron chi connectivity index (χ1n) is 9.56. The predicted molar refractivity (Wildman–Crippen MR) is 122 cm³/mol. The van der Waals surface area contributed by atoms with Gasteiger partial charge in [-0.15, -0.1) is 11.3 Å². The Labute approximate surface area is 188 Å². The van der Waals surface area contributed by atoms with Crippen molar-refractivity contribution in [2.24, 2.45) is 0 Å². The fourth-order valence-electron chi connectivity index (χ4n) is 3.43. The van der Waals surface area contributed by atoms with Crippen LogP contribution in [0.2, 0.25) is 0 Å². The number of nitrogens with one attached hydrogen (secondary N) is 1. The lowest BCUT2D eigenvalue weighted by Crippen LogP contribution is -2.29. The number of hydrogen-bond donors (Lipinski definition) is 1. The van der Waals surface area contributed by atoms with Gasteiger partial charge in [0.2, 0.25) is 0 Å². The average molecular weight is 462 g/mol. The SMILES string of the molecule is O=C(Nc1nc(-c2ccccc2)cs1)c1ccc2c(c1)S(=O)(=O)N(c1ccccc1)C2=O. The maximum absolute atomic E-state index is 13.1. The van der Waals surface area contributed by atoms with Crippen molar-refractivity contribution in [3.63, 3.8) is 0 Å². The predicted octanol–water partition coefficient (Wildman–Crippen LogP) is 4.41. The van der Waals surface area contributed by atoms with Crippen LogP contribution in [0.1, 0.15) is 20.7 Å². The van der Waals surface area contributed by atoms with Crippen molar-refractivity contribution in [2.45, 2.75) is 4.90 Å². The van der Waals surface area contributed by atoms with Gasteiger partial charge in [0, 0.05) is 16.5 Å². The number of nitrogens with zero attached hydrogens (tertiary/aromatic N) is 2. The normalized spacial score (nSPS) is 14.2. The van der Waals surface area contributed by atoms with E-state index in [-0.39, 0.29) is 21.7 Å². The van der Waals surface area contributed by atoms with Gasteiger partial charge in [0.1, 0.15) is 4.90 Å². The maximum Gasteiger partial charge on any atom is 0.273 e. The number of fused-ring (bicyclic) bond motifs is 1. The smallest absolute Gasteiger partial charge is 0.273 e. The number of hydrogen-bond acceptors (Lipinski definition) is 6. The monoisotopic (exact) mass is 461 g/mol. The lowest BCUT2D eigenvalue weighted by molar-refractivity contribution is 0.100. The van der Waals surface area contributed by atoms with Crippen LogP contribution in [0.15, 0.2) is 89.1 Å².